The van der Waals surface area contributed by atoms with Crippen molar-refractivity contribution in [1.82, 2.24) is 4.57 Å². The molecule has 1 heterocycles. The van der Waals surface area contributed by atoms with E-state index in [-0.39, 0.29) is 0 Å². The van der Waals surface area contributed by atoms with E-state index >= 15 is 0 Å². The van der Waals surface area contributed by atoms with Crippen molar-refractivity contribution in [3.05, 3.63) is 295 Å². The minimum atomic E-state index is -0.588. The predicted octanol–water partition coefficient (Wildman–Crippen LogP) is 17.7. The summed E-state index contributed by atoms with van der Waals surface area (Å²) in [6.07, 6.45) is 0. The molecule has 14 rings (SSSR count). The predicted molar refractivity (Wildman–Crippen MR) is 292 cm³/mol. The van der Waals surface area contributed by atoms with Crippen LogP contribution < -0.4 is 9.80 Å². The summed E-state index contributed by atoms with van der Waals surface area (Å²) in [4.78, 5) is 4.89. The Kier molecular flexibility index (Phi) is 9.11. The van der Waals surface area contributed by atoms with Crippen LogP contribution in [0.25, 0.3) is 60.9 Å². The van der Waals surface area contributed by atoms with Crippen molar-refractivity contribution in [3.63, 3.8) is 0 Å². The van der Waals surface area contributed by atoms with Crippen LogP contribution in [0.15, 0.2) is 273 Å². The van der Waals surface area contributed by atoms with Crippen molar-refractivity contribution in [3.8, 4) is 39.1 Å². The molecule has 0 saturated carbocycles. The van der Waals surface area contributed by atoms with Gasteiger partial charge in [-0.1, -0.05) is 188 Å². The molecule has 3 heteroatoms. The first-order valence-electron chi connectivity index (χ1n) is 24.2. The van der Waals surface area contributed by atoms with Gasteiger partial charge < -0.3 is 14.4 Å². The highest BCUT2D eigenvalue weighted by molar-refractivity contribution is 6.10. The molecular formula is C67H45N3. The molecule has 11 aromatic carbocycles. The molecule has 0 saturated heterocycles. The summed E-state index contributed by atoms with van der Waals surface area (Å²) in [5, 5.41) is 2.47. The lowest BCUT2D eigenvalue weighted by Gasteiger charge is -2.33. The van der Waals surface area contributed by atoms with Crippen molar-refractivity contribution in [2.75, 3.05) is 9.80 Å². The van der Waals surface area contributed by atoms with Crippen LogP contribution in [0.5, 0.6) is 0 Å². The van der Waals surface area contributed by atoms with Gasteiger partial charge in [-0.05, 0) is 135 Å². The SMILES string of the molecule is c1ccc(-c2ccc(N(c3ccccc3)c3cccc4c3-c3ccccc3C43c4ccccc4-c4ccc(N(c5ccccc5)c5ccc6c7ccccc7n(-c7ccccc7)c6c5)cc43)cc2)cc1. The topological polar surface area (TPSA) is 11.4 Å². The van der Waals surface area contributed by atoms with Crippen molar-refractivity contribution in [2.45, 2.75) is 5.41 Å². The maximum Gasteiger partial charge on any atom is 0.0727 e. The molecule has 0 N–H and O–H groups in total. The minimum Gasteiger partial charge on any atom is -0.310 e. The Morgan fingerprint density at radius 1 is 0.286 bits per heavy atom. The highest BCUT2D eigenvalue weighted by Gasteiger charge is 2.52. The molecule has 1 spiro atoms. The summed E-state index contributed by atoms with van der Waals surface area (Å²) >= 11 is 0. The molecule has 328 valence electrons. The molecule has 1 atom stereocenters. The third kappa shape index (κ3) is 5.95. The Balaban J connectivity index is 0.995. The molecular weight excluding hydrogens is 847 g/mol. The number of aromatic nitrogens is 1. The third-order valence-electron chi connectivity index (χ3n) is 14.8. The highest BCUT2D eigenvalue weighted by Crippen LogP contribution is 2.65. The van der Waals surface area contributed by atoms with E-state index in [0.29, 0.717) is 0 Å². The highest BCUT2D eigenvalue weighted by atomic mass is 15.2. The largest absolute Gasteiger partial charge is 0.310 e. The van der Waals surface area contributed by atoms with E-state index in [2.05, 4.69) is 287 Å². The summed E-state index contributed by atoms with van der Waals surface area (Å²) in [6.45, 7) is 0. The molecule has 70 heavy (non-hydrogen) atoms. The van der Waals surface area contributed by atoms with Gasteiger partial charge in [0.25, 0.3) is 0 Å². The van der Waals surface area contributed by atoms with Gasteiger partial charge in [-0.3, -0.25) is 0 Å². The van der Waals surface area contributed by atoms with Gasteiger partial charge in [0.2, 0.25) is 0 Å². The third-order valence-corrected chi connectivity index (χ3v) is 14.8. The first-order valence-corrected chi connectivity index (χ1v) is 24.2. The standard InChI is InChI=1S/C67H45N3/c1-5-20-46(21-6-1)47-36-38-51(39-37-47)69(49-24-9-3-10-25-49)64-35-19-33-61-66(64)58-30-14-17-32-60(58)67(61)59-31-16-13-28-54(59)55-42-40-52(44-62(55)67)68(48-22-7-2-8-23-48)53-41-43-57-56-29-15-18-34-63(56)70(65(57)45-53)50-26-11-4-12-27-50/h1-45H. The van der Waals surface area contributed by atoms with Gasteiger partial charge in [0.05, 0.1) is 22.1 Å². The molecule has 2 aliphatic rings. The maximum absolute atomic E-state index is 2.50. The number of hydrogen-bond acceptors (Lipinski definition) is 2. The number of rotatable bonds is 8. The number of fused-ring (bicyclic) bond motifs is 13. The van der Waals surface area contributed by atoms with Crippen LogP contribution in [0.3, 0.4) is 0 Å². The van der Waals surface area contributed by atoms with Crippen LogP contribution in [0.4, 0.5) is 34.1 Å². The van der Waals surface area contributed by atoms with Crippen molar-refractivity contribution >= 4 is 55.9 Å². The van der Waals surface area contributed by atoms with Gasteiger partial charge in [-0.2, -0.15) is 0 Å². The molecule has 1 aromatic heterocycles. The summed E-state index contributed by atoms with van der Waals surface area (Å²) in [5.74, 6) is 0. The molecule has 0 bridgehead atoms. The summed E-state index contributed by atoms with van der Waals surface area (Å²) in [7, 11) is 0. The molecule has 0 radical (unpaired) electrons. The number of hydrogen-bond donors (Lipinski definition) is 0. The van der Waals surface area contributed by atoms with Crippen molar-refractivity contribution in [2.24, 2.45) is 0 Å². The summed E-state index contributed by atoms with van der Waals surface area (Å²) in [5.41, 5.74) is 22.2. The van der Waals surface area contributed by atoms with Crippen LogP contribution in [0.2, 0.25) is 0 Å². The normalized spacial score (nSPS) is 14.1. The van der Waals surface area contributed by atoms with E-state index in [0.717, 1.165) is 39.8 Å². The summed E-state index contributed by atoms with van der Waals surface area (Å²) < 4.78 is 2.41. The second-order valence-electron chi connectivity index (χ2n) is 18.4. The van der Waals surface area contributed by atoms with Crippen LogP contribution in [-0.2, 0) is 5.41 Å². The van der Waals surface area contributed by atoms with Crippen LogP contribution in [-0.4, -0.2) is 4.57 Å². The lowest BCUT2D eigenvalue weighted by Crippen LogP contribution is -2.26. The fourth-order valence-electron chi connectivity index (χ4n) is 11.9. The number of anilines is 6. The monoisotopic (exact) mass is 891 g/mol. The Morgan fingerprint density at radius 3 is 1.53 bits per heavy atom. The molecule has 0 fully saturated rings. The van der Waals surface area contributed by atoms with Gasteiger partial charge in [-0.25, -0.2) is 0 Å². The zero-order chi connectivity index (χ0) is 46.2. The smallest absolute Gasteiger partial charge is 0.0727 e. The van der Waals surface area contributed by atoms with Gasteiger partial charge in [0.1, 0.15) is 0 Å². The quantitative estimate of drug-likeness (QED) is 0.151. The average Bonchev–Trinajstić information content (AvgIpc) is 4.04. The molecule has 0 amide bonds. The van der Waals surface area contributed by atoms with Crippen LogP contribution in [0.1, 0.15) is 22.3 Å². The van der Waals surface area contributed by atoms with E-state index in [1.807, 2.05) is 0 Å². The first kappa shape index (κ1) is 39.9. The van der Waals surface area contributed by atoms with E-state index in [4.69, 9.17) is 0 Å². The number of benzene rings is 11. The fourth-order valence-corrected chi connectivity index (χ4v) is 11.9. The van der Waals surface area contributed by atoms with E-state index < -0.39 is 5.41 Å². The lowest BCUT2D eigenvalue weighted by molar-refractivity contribution is 0.793. The Labute approximate surface area is 408 Å². The van der Waals surface area contributed by atoms with Crippen LogP contribution >= 0.6 is 0 Å². The fraction of sp³-hybridized carbons (Fsp3) is 0.0149. The van der Waals surface area contributed by atoms with E-state index in [9.17, 15) is 0 Å². The van der Waals surface area contributed by atoms with Gasteiger partial charge in [0, 0.05) is 50.5 Å². The maximum atomic E-state index is 2.50. The average molecular weight is 892 g/mol. The van der Waals surface area contributed by atoms with Gasteiger partial charge >= 0.3 is 0 Å². The van der Waals surface area contributed by atoms with Crippen molar-refractivity contribution < 1.29 is 0 Å². The first-order chi connectivity index (χ1) is 34.8. The number of nitrogens with zero attached hydrogens (tertiary/aromatic N) is 3. The van der Waals surface area contributed by atoms with Gasteiger partial charge in [0.15, 0.2) is 0 Å². The number of para-hydroxylation sites is 4. The molecule has 0 aliphatic heterocycles. The second-order valence-corrected chi connectivity index (χ2v) is 18.4. The van der Waals surface area contributed by atoms with E-state index in [1.165, 1.54) is 77.4 Å². The zero-order valence-electron chi connectivity index (χ0n) is 38.3. The molecule has 2 aliphatic carbocycles. The van der Waals surface area contributed by atoms with Crippen LogP contribution in [0, 0.1) is 0 Å². The van der Waals surface area contributed by atoms with Crippen molar-refractivity contribution in [1.29, 1.82) is 0 Å². The molecule has 1 unspecified atom stereocenters. The Morgan fingerprint density at radius 2 is 0.786 bits per heavy atom. The molecule has 12 aromatic rings. The second kappa shape index (κ2) is 16.0. The minimum absolute atomic E-state index is 0.588. The Bertz CT molecular complexity index is 3930. The van der Waals surface area contributed by atoms with Gasteiger partial charge in [-0.15, -0.1) is 0 Å². The lowest BCUT2D eigenvalue weighted by atomic mass is 9.70. The zero-order valence-corrected chi connectivity index (χ0v) is 38.3. The van der Waals surface area contributed by atoms with E-state index in [1.54, 1.807) is 0 Å². The molecule has 3 nitrogen and oxygen atoms in total. The Hall–Kier alpha value is -9.18. The summed E-state index contributed by atoms with van der Waals surface area (Å²) in [6, 6.07) is 100.